The average molecular weight is 340 g/mol. The van der Waals surface area contributed by atoms with Gasteiger partial charge in [0.2, 0.25) is 0 Å². The van der Waals surface area contributed by atoms with Crippen LogP contribution in [0.5, 0.6) is 0 Å². The number of hydrogen-bond acceptors (Lipinski definition) is 4. The summed E-state index contributed by atoms with van der Waals surface area (Å²) in [6.07, 6.45) is 12.8. The van der Waals surface area contributed by atoms with Gasteiger partial charge in [0.1, 0.15) is 11.9 Å². The van der Waals surface area contributed by atoms with E-state index in [1.807, 2.05) is 24.8 Å². The minimum Gasteiger partial charge on any atom is -0.370 e. The van der Waals surface area contributed by atoms with Crippen LogP contribution < -0.4 is 0 Å². The van der Waals surface area contributed by atoms with Crippen LogP contribution in [-0.4, -0.2) is 45.7 Å². The molecule has 2 aliphatic heterocycles. The molecule has 0 radical (unpaired) electrons. The van der Waals surface area contributed by atoms with Crippen molar-refractivity contribution in [2.24, 2.45) is 13.0 Å². The van der Waals surface area contributed by atoms with Crippen molar-refractivity contribution >= 4 is 0 Å². The lowest BCUT2D eigenvalue weighted by Crippen LogP contribution is -2.40. The highest BCUT2D eigenvalue weighted by Crippen LogP contribution is 2.35. The van der Waals surface area contributed by atoms with Crippen LogP contribution >= 0.6 is 0 Å². The molecular weight excluding hydrogens is 312 g/mol. The first-order valence-corrected chi connectivity index (χ1v) is 9.52. The second kappa shape index (κ2) is 7.67. The van der Waals surface area contributed by atoms with Gasteiger partial charge in [0.25, 0.3) is 0 Å². The molecule has 2 saturated heterocycles. The minimum absolute atomic E-state index is 0.145. The smallest absolute Gasteiger partial charge is 0.137 e. The van der Waals surface area contributed by atoms with Crippen molar-refractivity contribution in [3.8, 4) is 0 Å². The van der Waals surface area contributed by atoms with Gasteiger partial charge in [-0.25, -0.2) is 4.98 Å². The van der Waals surface area contributed by atoms with E-state index in [-0.39, 0.29) is 6.10 Å². The van der Waals surface area contributed by atoms with E-state index in [9.17, 15) is 0 Å². The van der Waals surface area contributed by atoms with Crippen molar-refractivity contribution in [3.05, 3.63) is 48.3 Å². The van der Waals surface area contributed by atoms with Crippen LogP contribution in [0.1, 0.15) is 49.1 Å². The van der Waals surface area contributed by atoms with Crippen LogP contribution in [0.25, 0.3) is 0 Å². The first-order valence-electron chi connectivity index (χ1n) is 9.52. The Morgan fingerprint density at radius 2 is 1.92 bits per heavy atom. The van der Waals surface area contributed by atoms with Gasteiger partial charge in [0.15, 0.2) is 0 Å². The fraction of sp³-hybridized carbons (Fsp3) is 0.600. The number of ether oxygens (including phenoxy) is 1. The topological polar surface area (TPSA) is 43.2 Å². The number of likely N-dealkylation sites (tertiary alicyclic amines) is 1. The molecule has 0 unspecified atom stereocenters. The van der Waals surface area contributed by atoms with Crippen LogP contribution in [0.4, 0.5) is 0 Å². The fourth-order valence-electron chi connectivity index (χ4n) is 4.38. The third kappa shape index (κ3) is 3.77. The Bertz CT molecular complexity index is 663. The van der Waals surface area contributed by atoms with E-state index in [2.05, 4.69) is 38.6 Å². The average Bonchev–Trinajstić information content (AvgIpc) is 3.09. The van der Waals surface area contributed by atoms with E-state index >= 15 is 0 Å². The van der Waals surface area contributed by atoms with Crippen molar-refractivity contribution < 1.29 is 4.74 Å². The van der Waals surface area contributed by atoms with E-state index < -0.39 is 0 Å². The zero-order valence-electron chi connectivity index (χ0n) is 15.1. The second-order valence-electron chi connectivity index (χ2n) is 7.45. The fourth-order valence-corrected chi connectivity index (χ4v) is 4.38. The SMILES string of the molecule is Cn1ccnc1[C@@H]1OCCC[C@H]1CN1CCC(c2ccncc2)CC1. The number of imidazole rings is 1. The van der Waals surface area contributed by atoms with Gasteiger partial charge in [-0.2, -0.15) is 0 Å². The number of nitrogens with zero attached hydrogens (tertiary/aromatic N) is 4. The van der Waals surface area contributed by atoms with E-state index in [1.54, 1.807) is 0 Å². The summed E-state index contributed by atoms with van der Waals surface area (Å²) in [4.78, 5) is 11.3. The summed E-state index contributed by atoms with van der Waals surface area (Å²) in [6, 6.07) is 4.35. The molecular formula is C20H28N4O. The normalized spacial score (nSPS) is 26.0. The van der Waals surface area contributed by atoms with Crippen LogP contribution in [0, 0.1) is 5.92 Å². The Hall–Kier alpha value is -1.72. The van der Waals surface area contributed by atoms with Crippen LogP contribution in [0.2, 0.25) is 0 Å². The van der Waals surface area contributed by atoms with Crippen molar-refractivity contribution in [1.82, 2.24) is 19.4 Å². The predicted octanol–water partition coefficient (Wildman–Crippen LogP) is 3.16. The molecule has 0 bridgehead atoms. The summed E-state index contributed by atoms with van der Waals surface area (Å²) < 4.78 is 8.24. The lowest BCUT2D eigenvalue weighted by Gasteiger charge is -2.38. The van der Waals surface area contributed by atoms with E-state index in [4.69, 9.17) is 4.74 Å². The summed E-state index contributed by atoms with van der Waals surface area (Å²) >= 11 is 0. The molecule has 2 atom stereocenters. The Morgan fingerprint density at radius 1 is 1.12 bits per heavy atom. The first kappa shape index (κ1) is 16.7. The summed E-state index contributed by atoms with van der Waals surface area (Å²) in [7, 11) is 2.07. The third-order valence-electron chi connectivity index (χ3n) is 5.82. The van der Waals surface area contributed by atoms with Crippen molar-refractivity contribution in [1.29, 1.82) is 0 Å². The molecule has 0 spiro atoms. The molecule has 5 nitrogen and oxygen atoms in total. The molecule has 0 saturated carbocycles. The summed E-state index contributed by atoms with van der Waals surface area (Å²) in [6.45, 7) is 4.34. The molecule has 2 aromatic heterocycles. The van der Waals surface area contributed by atoms with Gasteiger partial charge >= 0.3 is 0 Å². The van der Waals surface area contributed by atoms with Crippen LogP contribution in [-0.2, 0) is 11.8 Å². The maximum Gasteiger partial charge on any atom is 0.137 e. The summed E-state index contributed by atoms with van der Waals surface area (Å²) in [5.41, 5.74) is 1.45. The Morgan fingerprint density at radius 3 is 2.64 bits per heavy atom. The van der Waals surface area contributed by atoms with Gasteiger partial charge in [-0.3, -0.25) is 4.98 Å². The molecule has 2 aliphatic rings. The number of aryl methyl sites for hydroxylation is 1. The molecule has 0 N–H and O–H groups in total. The van der Waals surface area contributed by atoms with E-state index in [0.29, 0.717) is 11.8 Å². The Balaban J connectivity index is 1.36. The highest BCUT2D eigenvalue weighted by atomic mass is 16.5. The molecule has 2 aromatic rings. The monoisotopic (exact) mass is 340 g/mol. The van der Waals surface area contributed by atoms with Crippen LogP contribution in [0.3, 0.4) is 0 Å². The maximum absolute atomic E-state index is 6.13. The first-order chi connectivity index (χ1) is 12.3. The third-order valence-corrected chi connectivity index (χ3v) is 5.82. The molecule has 0 amide bonds. The molecule has 0 aromatic carbocycles. The molecule has 25 heavy (non-hydrogen) atoms. The molecule has 0 aliphatic carbocycles. The van der Waals surface area contributed by atoms with E-state index in [0.717, 1.165) is 19.0 Å². The van der Waals surface area contributed by atoms with Gasteiger partial charge < -0.3 is 14.2 Å². The van der Waals surface area contributed by atoms with Crippen molar-refractivity contribution in [2.75, 3.05) is 26.2 Å². The molecule has 2 fully saturated rings. The molecule has 4 rings (SSSR count). The number of aromatic nitrogens is 3. The zero-order chi connectivity index (χ0) is 17.1. The number of rotatable bonds is 4. The lowest BCUT2D eigenvalue weighted by molar-refractivity contribution is -0.0468. The molecule has 134 valence electrons. The largest absolute Gasteiger partial charge is 0.370 e. The number of piperidine rings is 1. The maximum atomic E-state index is 6.13. The standard InChI is InChI=1S/C20H28N4O/c1-23-13-10-22-20(23)19-18(3-2-14-25-19)15-24-11-6-17(7-12-24)16-4-8-21-9-5-16/h4-5,8-10,13,17-19H,2-3,6-7,11-12,14-15H2,1H3/t18-,19+/m0/s1. The van der Waals surface area contributed by atoms with Gasteiger partial charge in [-0.15, -0.1) is 0 Å². The Labute approximate surface area is 150 Å². The quantitative estimate of drug-likeness (QED) is 0.857. The summed E-state index contributed by atoms with van der Waals surface area (Å²) in [5, 5.41) is 0. The van der Waals surface area contributed by atoms with Gasteiger partial charge in [-0.1, -0.05) is 0 Å². The molecule has 4 heterocycles. The van der Waals surface area contributed by atoms with Crippen molar-refractivity contribution in [3.63, 3.8) is 0 Å². The lowest BCUT2D eigenvalue weighted by atomic mass is 9.88. The Kier molecular flexibility index (Phi) is 5.13. The van der Waals surface area contributed by atoms with Gasteiger partial charge in [-0.05, 0) is 62.4 Å². The van der Waals surface area contributed by atoms with E-state index in [1.165, 1.54) is 44.3 Å². The summed E-state index contributed by atoms with van der Waals surface area (Å²) in [5.74, 6) is 2.32. The van der Waals surface area contributed by atoms with Gasteiger partial charge in [0.05, 0.1) is 0 Å². The predicted molar refractivity (Wildman–Crippen MR) is 97.3 cm³/mol. The molecule has 5 heteroatoms. The number of pyridine rings is 1. The zero-order valence-corrected chi connectivity index (χ0v) is 15.1. The minimum atomic E-state index is 0.145. The highest BCUT2D eigenvalue weighted by molar-refractivity contribution is 5.16. The van der Waals surface area contributed by atoms with Crippen molar-refractivity contribution in [2.45, 2.75) is 37.7 Å². The highest BCUT2D eigenvalue weighted by Gasteiger charge is 2.32. The second-order valence-corrected chi connectivity index (χ2v) is 7.45. The van der Waals surface area contributed by atoms with Gasteiger partial charge in [0, 0.05) is 50.9 Å². The van der Waals surface area contributed by atoms with Crippen LogP contribution in [0.15, 0.2) is 36.9 Å². The number of hydrogen-bond donors (Lipinski definition) is 0.